The molecule has 130 valence electrons. The third-order valence-corrected chi connectivity index (χ3v) is 3.87. The fraction of sp³-hybridized carbons (Fsp3) is 0.250. The first-order valence-electron chi connectivity index (χ1n) is 8.09. The average molecular weight is 340 g/mol. The molecule has 0 bridgehead atoms. The number of hydrogen-bond donors (Lipinski definition) is 0. The summed E-state index contributed by atoms with van der Waals surface area (Å²) < 4.78 is 21.6. The summed E-state index contributed by atoms with van der Waals surface area (Å²) in [6, 6.07) is 12.6. The molecule has 0 fully saturated rings. The molecule has 1 heterocycles. The summed E-state index contributed by atoms with van der Waals surface area (Å²) in [7, 11) is 3.13. The Kier molecular flexibility index (Phi) is 4.93. The van der Waals surface area contributed by atoms with E-state index in [9.17, 15) is 4.79 Å². The van der Waals surface area contributed by atoms with Crippen LogP contribution in [0.25, 0.3) is 22.1 Å². The van der Waals surface area contributed by atoms with Crippen LogP contribution in [0.2, 0.25) is 0 Å². The monoisotopic (exact) mass is 340 g/mol. The summed E-state index contributed by atoms with van der Waals surface area (Å²) in [5, 5.41) is 0.827. The lowest BCUT2D eigenvalue weighted by atomic mass is 10.1. The minimum atomic E-state index is -0.410. The smallest absolute Gasteiger partial charge is 0.344 e. The van der Waals surface area contributed by atoms with Gasteiger partial charge in [-0.05, 0) is 42.3 Å². The number of hydrogen-bond acceptors (Lipinski definition) is 5. The van der Waals surface area contributed by atoms with Crippen LogP contribution in [0.1, 0.15) is 13.3 Å². The maximum Gasteiger partial charge on any atom is 0.344 e. The zero-order chi connectivity index (χ0) is 17.8. The van der Waals surface area contributed by atoms with Crippen LogP contribution in [-0.2, 0) is 0 Å². The number of methoxy groups -OCH3 is 2. The Morgan fingerprint density at radius 3 is 2.48 bits per heavy atom. The maximum absolute atomic E-state index is 12.4. The highest BCUT2D eigenvalue weighted by Gasteiger charge is 2.12. The molecule has 0 unspecified atom stereocenters. The predicted molar refractivity (Wildman–Crippen MR) is 96.8 cm³/mol. The lowest BCUT2D eigenvalue weighted by molar-refractivity contribution is 0.317. The maximum atomic E-state index is 12.4. The lowest BCUT2D eigenvalue weighted by Gasteiger charge is -2.10. The standard InChI is InChI=1S/C20H20O5/c1-4-9-24-15-7-5-14-10-16(20(21)25-18(14)12-15)13-6-8-17(22-2)19(11-13)23-3/h5-8,10-12H,4,9H2,1-3H3. The predicted octanol–water partition coefficient (Wildman–Crippen LogP) is 4.27. The van der Waals surface area contributed by atoms with E-state index in [2.05, 4.69) is 0 Å². The van der Waals surface area contributed by atoms with Crippen molar-refractivity contribution in [3.05, 3.63) is 52.9 Å². The molecule has 0 saturated heterocycles. The van der Waals surface area contributed by atoms with Gasteiger partial charge in [-0.2, -0.15) is 0 Å². The van der Waals surface area contributed by atoms with E-state index < -0.39 is 5.63 Å². The van der Waals surface area contributed by atoms with Gasteiger partial charge in [0.15, 0.2) is 11.5 Å². The average Bonchev–Trinajstić information content (AvgIpc) is 2.65. The van der Waals surface area contributed by atoms with Crippen LogP contribution < -0.4 is 19.8 Å². The molecule has 0 atom stereocenters. The van der Waals surface area contributed by atoms with Gasteiger partial charge in [-0.15, -0.1) is 0 Å². The molecule has 0 aliphatic rings. The van der Waals surface area contributed by atoms with E-state index in [-0.39, 0.29) is 0 Å². The molecule has 0 saturated carbocycles. The summed E-state index contributed by atoms with van der Waals surface area (Å²) >= 11 is 0. The number of benzene rings is 2. The Hall–Kier alpha value is -2.95. The molecule has 0 amide bonds. The van der Waals surface area contributed by atoms with Crippen molar-refractivity contribution in [1.82, 2.24) is 0 Å². The second-order valence-corrected chi connectivity index (χ2v) is 5.57. The Labute approximate surface area is 145 Å². The first-order valence-corrected chi connectivity index (χ1v) is 8.09. The van der Waals surface area contributed by atoms with Crippen molar-refractivity contribution in [1.29, 1.82) is 0 Å². The van der Waals surface area contributed by atoms with E-state index in [1.165, 1.54) is 0 Å². The molecule has 5 nitrogen and oxygen atoms in total. The fourth-order valence-corrected chi connectivity index (χ4v) is 2.61. The van der Waals surface area contributed by atoms with Crippen LogP contribution in [0.15, 0.2) is 51.7 Å². The van der Waals surface area contributed by atoms with Crippen LogP contribution in [-0.4, -0.2) is 20.8 Å². The molecule has 0 spiro atoms. The van der Waals surface area contributed by atoms with Gasteiger partial charge in [0.05, 0.1) is 26.4 Å². The number of ether oxygens (including phenoxy) is 3. The number of rotatable bonds is 6. The first kappa shape index (κ1) is 16.9. The van der Waals surface area contributed by atoms with Crippen LogP contribution in [0.3, 0.4) is 0 Å². The zero-order valence-corrected chi connectivity index (χ0v) is 14.5. The van der Waals surface area contributed by atoms with Gasteiger partial charge in [0.25, 0.3) is 0 Å². The van der Waals surface area contributed by atoms with Gasteiger partial charge in [0, 0.05) is 11.5 Å². The van der Waals surface area contributed by atoms with Gasteiger partial charge >= 0.3 is 5.63 Å². The van der Waals surface area contributed by atoms with Crippen molar-refractivity contribution >= 4 is 11.0 Å². The van der Waals surface area contributed by atoms with Gasteiger partial charge in [-0.3, -0.25) is 0 Å². The van der Waals surface area contributed by atoms with E-state index in [0.717, 1.165) is 11.8 Å². The second-order valence-electron chi connectivity index (χ2n) is 5.57. The van der Waals surface area contributed by atoms with Gasteiger partial charge in [-0.1, -0.05) is 13.0 Å². The van der Waals surface area contributed by atoms with E-state index in [0.29, 0.717) is 40.6 Å². The summed E-state index contributed by atoms with van der Waals surface area (Å²) in [4.78, 5) is 12.4. The molecule has 3 aromatic rings. The van der Waals surface area contributed by atoms with Crippen molar-refractivity contribution in [3.8, 4) is 28.4 Å². The fourth-order valence-electron chi connectivity index (χ4n) is 2.61. The normalized spacial score (nSPS) is 10.7. The molecule has 0 aliphatic heterocycles. The Morgan fingerprint density at radius 2 is 1.76 bits per heavy atom. The topological polar surface area (TPSA) is 57.9 Å². The minimum Gasteiger partial charge on any atom is -0.493 e. The van der Waals surface area contributed by atoms with Crippen LogP contribution >= 0.6 is 0 Å². The zero-order valence-electron chi connectivity index (χ0n) is 14.5. The quantitative estimate of drug-likeness (QED) is 0.627. The third kappa shape index (κ3) is 3.45. The van der Waals surface area contributed by atoms with Gasteiger partial charge in [0.2, 0.25) is 0 Å². The minimum absolute atomic E-state index is 0.410. The van der Waals surface area contributed by atoms with Crippen molar-refractivity contribution in [3.63, 3.8) is 0 Å². The summed E-state index contributed by atoms with van der Waals surface area (Å²) in [6.07, 6.45) is 0.917. The van der Waals surface area contributed by atoms with Gasteiger partial charge < -0.3 is 18.6 Å². The van der Waals surface area contributed by atoms with Crippen LogP contribution in [0.4, 0.5) is 0 Å². The first-order chi connectivity index (χ1) is 12.2. The van der Waals surface area contributed by atoms with E-state index >= 15 is 0 Å². The van der Waals surface area contributed by atoms with Crippen molar-refractivity contribution in [2.24, 2.45) is 0 Å². The van der Waals surface area contributed by atoms with Crippen molar-refractivity contribution in [2.75, 3.05) is 20.8 Å². The molecular formula is C20H20O5. The van der Waals surface area contributed by atoms with Crippen molar-refractivity contribution < 1.29 is 18.6 Å². The van der Waals surface area contributed by atoms with E-state index in [1.807, 2.05) is 25.1 Å². The molecule has 1 aromatic heterocycles. The van der Waals surface area contributed by atoms with Crippen molar-refractivity contribution in [2.45, 2.75) is 13.3 Å². The highest BCUT2D eigenvalue weighted by atomic mass is 16.5. The SMILES string of the molecule is CCCOc1ccc2cc(-c3ccc(OC)c(OC)c3)c(=O)oc2c1. The number of fused-ring (bicyclic) bond motifs is 1. The van der Waals surface area contributed by atoms with Crippen LogP contribution in [0, 0.1) is 0 Å². The molecule has 2 aromatic carbocycles. The summed E-state index contributed by atoms with van der Waals surface area (Å²) in [6.45, 7) is 2.66. The second kappa shape index (κ2) is 7.30. The molecule has 0 N–H and O–H groups in total. The van der Waals surface area contributed by atoms with E-state index in [4.69, 9.17) is 18.6 Å². The summed E-state index contributed by atoms with van der Waals surface area (Å²) in [5.41, 5.74) is 1.27. The Balaban J connectivity index is 2.05. The molecule has 0 radical (unpaired) electrons. The summed E-state index contributed by atoms with van der Waals surface area (Å²) in [5.74, 6) is 1.85. The molecule has 3 rings (SSSR count). The molecule has 0 aliphatic carbocycles. The highest BCUT2D eigenvalue weighted by molar-refractivity contribution is 5.83. The molecular weight excluding hydrogens is 320 g/mol. The lowest BCUT2D eigenvalue weighted by Crippen LogP contribution is -2.03. The highest BCUT2D eigenvalue weighted by Crippen LogP contribution is 2.32. The Bertz CT molecular complexity index is 942. The van der Waals surface area contributed by atoms with Crippen LogP contribution in [0.5, 0.6) is 17.2 Å². The Morgan fingerprint density at radius 1 is 0.960 bits per heavy atom. The molecule has 5 heteroatoms. The van der Waals surface area contributed by atoms with Gasteiger partial charge in [0.1, 0.15) is 11.3 Å². The molecule has 25 heavy (non-hydrogen) atoms. The third-order valence-electron chi connectivity index (χ3n) is 3.87. The largest absolute Gasteiger partial charge is 0.493 e. The van der Waals surface area contributed by atoms with Gasteiger partial charge in [-0.25, -0.2) is 4.79 Å². The van der Waals surface area contributed by atoms with E-state index in [1.54, 1.807) is 38.5 Å².